The summed E-state index contributed by atoms with van der Waals surface area (Å²) in [5, 5.41) is 3.41. The molecule has 1 N–H and O–H groups in total. The molecule has 0 amide bonds. The first-order chi connectivity index (χ1) is 13.7. The molecule has 0 aliphatic carbocycles. The van der Waals surface area contributed by atoms with Crippen LogP contribution in [0.4, 0.5) is 0 Å². The number of carbonyl (C=O) groups is 1. The number of rotatable bonds is 5. The second kappa shape index (κ2) is 9.75. The molecule has 0 radical (unpaired) electrons. The average molecular weight is 390 g/mol. The summed E-state index contributed by atoms with van der Waals surface area (Å²) in [6.45, 7) is 6.18. The van der Waals surface area contributed by atoms with Gasteiger partial charge in [0.15, 0.2) is 5.96 Å². The molecule has 28 heavy (non-hydrogen) atoms. The summed E-state index contributed by atoms with van der Waals surface area (Å²) >= 11 is 0. The van der Waals surface area contributed by atoms with Gasteiger partial charge in [-0.05, 0) is 24.1 Å². The molecule has 1 aromatic rings. The quantitative estimate of drug-likeness (QED) is 0.456. The lowest BCUT2D eigenvalue weighted by atomic mass is 10.1. The van der Waals surface area contributed by atoms with Gasteiger partial charge in [-0.25, -0.2) is 4.79 Å². The molecule has 1 aromatic carbocycles. The van der Waals surface area contributed by atoms with Gasteiger partial charge in [-0.1, -0.05) is 6.07 Å². The van der Waals surface area contributed by atoms with E-state index >= 15 is 0 Å². The first-order valence-corrected chi connectivity index (χ1v) is 9.69. The molecule has 2 aliphatic heterocycles. The minimum Gasteiger partial charge on any atom is -0.496 e. The molecule has 154 valence electrons. The second-order valence-corrected chi connectivity index (χ2v) is 6.96. The van der Waals surface area contributed by atoms with Crippen molar-refractivity contribution in [2.45, 2.75) is 19.0 Å². The molecule has 3 rings (SSSR count). The number of morpholine rings is 1. The van der Waals surface area contributed by atoms with Crippen molar-refractivity contribution < 1.29 is 19.0 Å². The van der Waals surface area contributed by atoms with Gasteiger partial charge < -0.3 is 24.4 Å². The van der Waals surface area contributed by atoms with Crippen LogP contribution in [0.25, 0.3) is 0 Å². The molecule has 2 fully saturated rings. The minimum atomic E-state index is -0.407. The number of hydrogen-bond acceptors (Lipinski definition) is 6. The summed E-state index contributed by atoms with van der Waals surface area (Å²) in [6, 6.07) is 6.07. The fourth-order valence-electron chi connectivity index (χ4n) is 3.82. The van der Waals surface area contributed by atoms with Gasteiger partial charge in [0.1, 0.15) is 11.3 Å². The van der Waals surface area contributed by atoms with Crippen LogP contribution in [0.2, 0.25) is 0 Å². The molecule has 1 atom stereocenters. The van der Waals surface area contributed by atoms with Crippen LogP contribution >= 0.6 is 0 Å². The van der Waals surface area contributed by atoms with Gasteiger partial charge in [-0.2, -0.15) is 0 Å². The first kappa shape index (κ1) is 20.4. The summed E-state index contributed by atoms with van der Waals surface area (Å²) in [6.07, 6.45) is 1.13. The summed E-state index contributed by atoms with van der Waals surface area (Å²) in [7, 11) is 4.71. The number of nitrogens with one attached hydrogen (secondary N) is 1. The Morgan fingerprint density at radius 3 is 2.75 bits per heavy atom. The van der Waals surface area contributed by atoms with Crippen molar-refractivity contribution in [2.75, 3.05) is 60.7 Å². The third-order valence-corrected chi connectivity index (χ3v) is 5.36. The third kappa shape index (κ3) is 4.74. The predicted octanol–water partition coefficient (Wildman–Crippen LogP) is 0.964. The minimum absolute atomic E-state index is 0.407. The van der Waals surface area contributed by atoms with Crippen LogP contribution in [-0.2, 0) is 16.0 Å². The van der Waals surface area contributed by atoms with Crippen LogP contribution in [0.15, 0.2) is 23.2 Å². The van der Waals surface area contributed by atoms with Crippen LogP contribution in [0.5, 0.6) is 5.75 Å². The smallest absolute Gasteiger partial charge is 0.341 e. The Hall–Kier alpha value is -2.32. The van der Waals surface area contributed by atoms with E-state index in [9.17, 15) is 4.79 Å². The SMILES string of the molecule is CN=C(NCc1ccc(OC)c(C(=O)OC)c1)N1CCC(N2CCOCC2)C1. The van der Waals surface area contributed by atoms with E-state index in [1.807, 2.05) is 6.07 Å². The van der Waals surface area contributed by atoms with Gasteiger partial charge in [0.05, 0.1) is 27.4 Å². The molecule has 1 unspecified atom stereocenters. The number of hydrogen-bond donors (Lipinski definition) is 1. The van der Waals surface area contributed by atoms with Crippen LogP contribution in [-0.4, -0.2) is 88.4 Å². The van der Waals surface area contributed by atoms with Crippen LogP contribution in [0.3, 0.4) is 0 Å². The summed E-state index contributed by atoms with van der Waals surface area (Å²) < 4.78 is 15.6. The summed E-state index contributed by atoms with van der Waals surface area (Å²) in [5.41, 5.74) is 1.39. The largest absolute Gasteiger partial charge is 0.496 e. The zero-order valence-corrected chi connectivity index (χ0v) is 16.9. The molecule has 0 aromatic heterocycles. The third-order valence-electron chi connectivity index (χ3n) is 5.36. The predicted molar refractivity (Wildman–Crippen MR) is 107 cm³/mol. The normalized spacial score (nSPS) is 20.9. The number of nitrogens with zero attached hydrogens (tertiary/aromatic N) is 3. The number of carbonyl (C=O) groups excluding carboxylic acids is 1. The van der Waals surface area contributed by atoms with Crippen molar-refractivity contribution in [3.8, 4) is 5.75 Å². The van der Waals surface area contributed by atoms with E-state index in [2.05, 4.69) is 20.1 Å². The molecule has 0 bridgehead atoms. The summed E-state index contributed by atoms with van der Waals surface area (Å²) in [4.78, 5) is 21.2. The monoisotopic (exact) mass is 390 g/mol. The number of likely N-dealkylation sites (tertiary alicyclic amines) is 1. The maximum absolute atomic E-state index is 12.0. The van der Waals surface area contributed by atoms with Crippen molar-refractivity contribution in [1.82, 2.24) is 15.1 Å². The lowest BCUT2D eigenvalue weighted by Gasteiger charge is -2.32. The van der Waals surface area contributed by atoms with Crippen LogP contribution < -0.4 is 10.1 Å². The zero-order chi connectivity index (χ0) is 19.9. The van der Waals surface area contributed by atoms with Crippen LogP contribution in [0, 0.1) is 0 Å². The Labute approximate surface area is 166 Å². The number of aliphatic imine (C=N–C) groups is 1. The molecular weight excluding hydrogens is 360 g/mol. The maximum Gasteiger partial charge on any atom is 0.341 e. The van der Waals surface area contributed by atoms with Crippen molar-refractivity contribution in [2.24, 2.45) is 4.99 Å². The fraction of sp³-hybridized carbons (Fsp3) is 0.600. The lowest BCUT2D eigenvalue weighted by Crippen LogP contribution is -2.46. The van der Waals surface area contributed by atoms with Crippen molar-refractivity contribution in [3.05, 3.63) is 29.3 Å². The second-order valence-electron chi connectivity index (χ2n) is 6.96. The molecule has 8 nitrogen and oxygen atoms in total. The van der Waals surface area contributed by atoms with Crippen LogP contribution in [0.1, 0.15) is 22.3 Å². The van der Waals surface area contributed by atoms with E-state index in [0.717, 1.165) is 57.3 Å². The highest BCUT2D eigenvalue weighted by Crippen LogP contribution is 2.21. The molecule has 8 heteroatoms. The molecular formula is C20H30N4O4. The Kier molecular flexibility index (Phi) is 7.11. The van der Waals surface area contributed by atoms with Gasteiger partial charge in [-0.15, -0.1) is 0 Å². The molecule has 0 saturated carbocycles. The molecule has 2 aliphatic rings. The Morgan fingerprint density at radius 2 is 2.07 bits per heavy atom. The summed E-state index contributed by atoms with van der Waals surface area (Å²) in [5.74, 6) is 0.982. The van der Waals surface area contributed by atoms with Crippen molar-refractivity contribution in [1.29, 1.82) is 0 Å². The van der Waals surface area contributed by atoms with E-state index in [0.29, 0.717) is 23.9 Å². The van der Waals surface area contributed by atoms with Crippen molar-refractivity contribution >= 4 is 11.9 Å². The Bertz CT molecular complexity index is 703. The average Bonchev–Trinajstić information content (AvgIpc) is 3.24. The Morgan fingerprint density at radius 1 is 1.29 bits per heavy atom. The fourth-order valence-corrected chi connectivity index (χ4v) is 3.82. The standard InChI is InChI=1S/C20H30N4O4/c1-21-20(24-7-6-16(14-24)23-8-10-28-11-9-23)22-13-15-4-5-18(26-2)17(12-15)19(25)27-3/h4-5,12,16H,6-11,13-14H2,1-3H3,(H,21,22). The van der Waals surface area contributed by atoms with E-state index in [1.165, 1.54) is 7.11 Å². The molecule has 2 saturated heterocycles. The number of esters is 1. The van der Waals surface area contributed by atoms with Gasteiger partial charge >= 0.3 is 5.97 Å². The van der Waals surface area contributed by atoms with Gasteiger partial charge in [-0.3, -0.25) is 9.89 Å². The van der Waals surface area contributed by atoms with E-state index < -0.39 is 5.97 Å². The van der Waals surface area contributed by atoms with Gasteiger partial charge in [0.2, 0.25) is 0 Å². The number of benzene rings is 1. The topological polar surface area (TPSA) is 75.6 Å². The highest BCUT2D eigenvalue weighted by atomic mass is 16.5. The lowest BCUT2D eigenvalue weighted by molar-refractivity contribution is 0.0195. The highest BCUT2D eigenvalue weighted by Gasteiger charge is 2.30. The molecule has 2 heterocycles. The highest BCUT2D eigenvalue weighted by molar-refractivity contribution is 5.92. The zero-order valence-electron chi connectivity index (χ0n) is 16.9. The van der Waals surface area contributed by atoms with Crippen molar-refractivity contribution in [3.63, 3.8) is 0 Å². The Balaban J connectivity index is 1.59. The molecule has 0 spiro atoms. The van der Waals surface area contributed by atoms with Gasteiger partial charge in [0.25, 0.3) is 0 Å². The number of ether oxygens (including phenoxy) is 3. The number of guanidine groups is 1. The van der Waals surface area contributed by atoms with E-state index in [4.69, 9.17) is 14.2 Å². The maximum atomic E-state index is 12.0. The van der Waals surface area contributed by atoms with E-state index in [1.54, 1.807) is 26.3 Å². The van der Waals surface area contributed by atoms with E-state index in [-0.39, 0.29) is 0 Å². The van der Waals surface area contributed by atoms with Gasteiger partial charge in [0, 0.05) is 45.8 Å². The first-order valence-electron chi connectivity index (χ1n) is 9.69. The number of methoxy groups -OCH3 is 2.